The normalized spacial score (nSPS) is 33.1. The van der Waals surface area contributed by atoms with Gasteiger partial charge in [0.05, 0.1) is 17.8 Å². The zero-order valence-electron chi connectivity index (χ0n) is 24.2. The highest BCUT2D eigenvalue weighted by atomic mass is 16.4. The number of aryl methyl sites for hydroxylation is 1. The summed E-state index contributed by atoms with van der Waals surface area (Å²) in [4.78, 5) is 24.9. The molecule has 220 valence electrons. The lowest BCUT2D eigenvalue weighted by atomic mass is 9.49. The number of aromatic nitrogens is 1. The van der Waals surface area contributed by atoms with Crippen LogP contribution in [0, 0.1) is 47.3 Å². The Kier molecular flexibility index (Phi) is 8.63. The SMILES string of the molecule is Cc1cc(N2CCC(C)C2)cn(/N=C/C2CC3(CCC3N3CC4C(C3)C4C(=O)O)C2)c1=N.NC=O.c1ccccc1. The lowest BCUT2D eigenvalue weighted by molar-refractivity contribution is -0.140. The van der Waals surface area contributed by atoms with Crippen LogP contribution >= 0.6 is 0 Å². The molecular formula is C32H44N6O3. The first kappa shape index (κ1) is 29.0. The van der Waals surface area contributed by atoms with E-state index in [0.717, 1.165) is 37.7 Å². The number of hydrogen-bond acceptors (Lipinski definition) is 6. The zero-order chi connectivity index (χ0) is 29.1. The standard InChI is InChI=1S/C25H35N5O2.C6H6.CH3NO/c1-15-4-6-28(11-15)18-7-16(2)23(26)30(12-18)27-10-17-8-25(9-17)5-3-21(25)29-13-19-20(14-29)22(19)24(31)32;1-2-4-6-5-3-1;2-1-3/h7,10,12,15,17,19-22,26H,3-6,8-9,11,13-14H2,1-2H3,(H,31,32);1-6H;1H,(H2,2,3)/b26-23?,27-10+;;. The van der Waals surface area contributed by atoms with Crippen LogP contribution < -0.4 is 16.1 Å². The second-order valence-electron chi connectivity index (χ2n) is 12.7. The number of carbonyl (C=O) groups is 2. The number of anilines is 1. The third kappa shape index (κ3) is 6.10. The van der Waals surface area contributed by atoms with Crippen molar-refractivity contribution in [1.29, 1.82) is 5.41 Å². The van der Waals surface area contributed by atoms with E-state index in [0.29, 0.717) is 34.7 Å². The van der Waals surface area contributed by atoms with Crippen LogP contribution in [0.3, 0.4) is 0 Å². The molecule has 2 saturated heterocycles. The highest BCUT2D eigenvalue weighted by Gasteiger charge is 2.64. The molecular weight excluding hydrogens is 516 g/mol. The van der Waals surface area contributed by atoms with Crippen molar-refractivity contribution in [2.24, 2.45) is 45.8 Å². The largest absolute Gasteiger partial charge is 0.481 e. The molecule has 9 nitrogen and oxygen atoms in total. The lowest BCUT2D eigenvalue weighted by Crippen LogP contribution is -2.61. The maximum atomic E-state index is 11.3. The number of carbonyl (C=O) groups excluding carboxylic acids is 1. The molecule has 4 atom stereocenters. The second-order valence-corrected chi connectivity index (χ2v) is 12.7. The van der Waals surface area contributed by atoms with Crippen LogP contribution in [-0.2, 0) is 9.59 Å². The van der Waals surface area contributed by atoms with Gasteiger partial charge in [0, 0.05) is 38.4 Å². The molecule has 2 aliphatic heterocycles. The third-order valence-electron chi connectivity index (χ3n) is 9.99. The molecule has 1 aromatic carbocycles. The number of nitrogens with one attached hydrogen (secondary N) is 1. The summed E-state index contributed by atoms with van der Waals surface area (Å²) in [5, 5.41) is 22.5. The van der Waals surface area contributed by atoms with Gasteiger partial charge in [-0.3, -0.25) is 19.9 Å². The van der Waals surface area contributed by atoms with Crippen molar-refractivity contribution in [1.82, 2.24) is 9.58 Å². The summed E-state index contributed by atoms with van der Waals surface area (Å²) >= 11 is 0. The maximum absolute atomic E-state index is 11.3. The summed E-state index contributed by atoms with van der Waals surface area (Å²) in [5.74, 6) is 1.37. The minimum atomic E-state index is -0.590. The van der Waals surface area contributed by atoms with Gasteiger partial charge in [0.1, 0.15) is 5.49 Å². The molecule has 7 rings (SSSR count). The summed E-state index contributed by atoms with van der Waals surface area (Å²) < 4.78 is 1.76. The number of nitrogens with zero attached hydrogens (tertiary/aromatic N) is 4. The van der Waals surface area contributed by atoms with Crippen LogP contribution in [0.2, 0.25) is 0 Å². The number of fused-ring (bicyclic) bond motifs is 1. The molecule has 5 fully saturated rings. The van der Waals surface area contributed by atoms with Crippen molar-refractivity contribution in [2.75, 3.05) is 31.1 Å². The molecule has 3 heterocycles. The van der Waals surface area contributed by atoms with Gasteiger partial charge >= 0.3 is 5.97 Å². The van der Waals surface area contributed by atoms with Gasteiger partial charge < -0.3 is 15.7 Å². The first-order valence-electron chi connectivity index (χ1n) is 15.0. The number of pyridine rings is 1. The number of piperidine rings is 1. The van der Waals surface area contributed by atoms with E-state index in [9.17, 15) is 9.90 Å². The molecule has 4 N–H and O–H groups in total. The molecule has 0 bridgehead atoms. The maximum Gasteiger partial charge on any atom is 0.307 e. The van der Waals surface area contributed by atoms with Crippen molar-refractivity contribution in [3.63, 3.8) is 0 Å². The molecule has 41 heavy (non-hydrogen) atoms. The number of aliphatic carboxylic acids is 1. The van der Waals surface area contributed by atoms with Gasteiger partial charge in [-0.15, -0.1) is 0 Å². The first-order chi connectivity index (χ1) is 19.8. The van der Waals surface area contributed by atoms with E-state index in [4.69, 9.17) is 15.3 Å². The molecule has 1 spiro atoms. The summed E-state index contributed by atoms with van der Waals surface area (Å²) in [7, 11) is 0. The Labute approximate surface area is 242 Å². The van der Waals surface area contributed by atoms with E-state index in [1.807, 2.05) is 49.5 Å². The predicted molar refractivity (Wildman–Crippen MR) is 159 cm³/mol. The van der Waals surface area contributed by atoms with Gasteiger partial charge in [-0.05, 0) is 79.7 Å². The topological polar surface area (TPSA) is 128 Å². The average Bonchev–Trinajstić information content (AvgIpc) is 3.19. The van der Waals surface area contributed by atoms with E-state index in [-0.39, 0.29) is 12.3 Å². The van der Waals surface area contributed by atoms with E-state index in [1.54, 1.807) is 4.68 Å². The smallest absolute Gasteiger partial charge is 0.307 e. The Hall–Kier alpha value is -3.46. The molecule has 0 radical (unpaired) electrons. The quantitative estimate of drug-likeness (QED) is 0.381. The zero-order valence-corrected chi connectivity index (χ0v) is 24.2. The average molecular weight is 561 g/mol. The Morgan fingerprint density at radius 3 is 2.20 bits per heavy atom. The molecule has 5 aliphatic rings. The van der Waals surface area contributed by atoms with Gasteiger partial charge in [-0.2, -0.15) is 5.10 Å². The van der Waals surface area contributed by atoms with Crippen LogP contribution in [-0.4, -0.2) is 65.5 Å². The number of benzene rings is 1. The number of hydrogen-bond donors (Lipinski definition) is 3. The van der Waals surface area contributed by atoms with Crippen molar-refractivity contribution in [3.05, 3.63) is 59.7 Å². The van der Waals surface area contributed by atoms with Crippen LogP contribution in [0.5, 0.6) is 0 Å². The predicted octanol–water partition coefficient (Wildman–Crippen LogP) is 3.57. The summed E-state index contributed by atoms with van der Waals surface area (Å²) in [5.41, 5.74) is 7.22. The highest BCUT2D eigenvalue weighted by molar-refractivity contribution is 5.74. The fraction of sp³-hybridized carbons (Fsp3) is 0.562. The van der Waals surface area contributed by atoms with Crippen LogP contribution in [0.4, 0.5) is 5.69 Å². The summed E-state index contributed by atoms with van der Waals surface area (Å²) in [6.07, 6.45) is 10.5. The third-order valence-corrected chi connectivity index (χ3v) is 9.99. The van der Waals surface area contributed by atoms with Crippen molar-refractivity contribution in [2.45, 2.75) is 52.0 Å². The number of rotatable bonds is 5. The van der Waals surface area contributed by atoms with E-state index >= 15 is 0 Å². The Balaban J connectivity index is 0.000000325. The summed E-state index contributed by atoms with van der Waals surface area (Å²) in [6, 6.07) is 14.8. The number of likely N-dealkylation sites (tertiary alicyclic amines) is 1. The van der Waals surface area contributed by atoms with Crippen molar-refractivity contribution >= 4 is 24.3 Å². The number of primary amides is 1. The number of nitrogens with two attached hydrogens (primary N) is 1. The van der Waals surface area contributed by atoms with Crippen molar-refractivity contribution in [3.8, 4) is 0 Å². The number of amides is 1. The monoisotopic (exact) mass is 560 g/mol. The first-order valence-corrected chi connectivity index (χ1v) is 15.0. The Morgan fingerprint density at radius 1 is 1.10 bits per heavy atom. The van der Waals surface area contributed by atoms with Gasteiger partial charge in [0.2, 0.25) is 6.41 Å². The molecule has 3 aliphatic carbocycles. The van der Waals surface area contributed by atoms with E-state index in [1.165, 1.54) is 37.8 Å². The van der Waals surface area contributed by atoms with Gasteiger partial charge in [0.25, 0.3) is 0 Å². The molecule has 1 amide bonds. The second kappa shape index (κ2) is 12.2. The van der Waals surface area contributed by atoms with Gasteiger partial charge in [-0.25, -0.2) is 4.68 Å². The summed E-state index contributed by atoms with van der Waals surface area (Å²) in [6.45, 7) is 8.45. The fourth-order valence-electron chi connectivity index (χ4n) is 7.68. The van der Waals surface area contributed by atoms with Crippen molar-refractivity contribution < 1.29 is 14.7 Å². The Morgan fingerprint density at radius 2 is 1.71 bits per heavy atom. The minimum Gasteiger partial charge on any atom is -0.481 e. The van der Waals surface area contributed by atoms with E-state index in [2.05, 4.69) is 34.7 Å². The Bertz CT molecular complexity index is 1270. The van der Waals surface area contributed by atoms with Gasteiger partial charge in [0.15, 0.2) is 0 Å². The fourth-order valence-corrected chi connectivity index (χ4v) is 7.68. The van der Waals surface area contributed by atoms with E-state index < -0.39 is 5.97 Å². The molecule has 2 aromatic rings. The lowest BCUT2D eigenvalue weighted by Gasteiger charge is -2.61. The minimum absolute atomic E-state index is 0.0670. The number of carboxylic acid groups (broad SMARTS) is 1. The van der Waals surface area contributed by atoms with Gasteiger partial charge in [-0.1, -0.05) is 43.3 Å². The van der Waals surface area contributed by atoms with Crippen LogP contribution in [0.1, 0.15) is 44.6 Å². The molecule has 1 aromatic heterocycles. The highest BCUT2D eigenvalue weighted by Crippen LogP contribution is 2.62. The number of carboxylic acids is 1. The molecule has 3 saturated carbocycles. The molecule has 4 unspecified atom stereocenters. The van der Waals surface area contributed by atoms with Crippen LogP contribution in [0.15, 0.2) is 53.8 Å². The van der Waals surface area contributed by atoms with Crippen LogP contribution in [0.25, 0.3) is 0 Å². The molecule has 9 heteroatoms.